The molecule has 2 aromatic carbocycles. The number of aliphatic carboxylic acids is 1. The van der Waals surface area contributed by atoms with Gasteiger partial charge in [-0.25, -0.2) is 4.98 Å². The van der Waals surface area contributed by atoms with Gasteiger partial charge in [-0.2, -0.15) is 0 Å². The number of benzene rings is 2. The molecule has 1 heterocycles. The fraction of sp³-hybridized carbons (Fsp3) is 0.481. The second-order valence-corrected chi connectivity index (χ2v) is 11.0. The predicted molar refractivity (Wildman–Crippen MR) is 137 cm³/mol. The van der Waals surface area contributed by atoms with Crippen LogP contribution in [0.1, 0.15) is 63.9 Å². The summed E-state index contributed by atoms with van der Waals surface area (Å²) >= 11 is 1.66. The first-order valence-electron chi connectivity index (χ1n) is 12.3. The van der Waals surface area contributed by atoms with Gasteiger partial charge in [-0.3, -0.25) is 4.79 Å². The van der Waals surface area contributed by atoms with Crippen LogP contribution in [0.25, 0.3) is 10.2 Å². The molecule has 0 saturated heterocycles. The molecule has 2 unspecified atom stereocenters. The van der Waals surface area contributed by atoms with E-state index in [9.17, 15) is 9.90 Å². The van der Waals surface area contributed by atoms with Crippen LogP contribution < -0.4 is 10.2 Å². The van der Waals surface area contributed by atoms with Gasteiger partial charge in [0.1, 0.15) is 0 Å². The Morgan fingerprint density at radius 1 is 1.18 bits per heavy atom. The van der Waals surface area contributed by atoms with Crippen molar-refractivity contribution >= 4 is 44.0 Å². The molecule has 174 valence electrons. The van der Waals surface area contributed by atoms with Gasteiger partial charge >= 0.3 is 5.97 Å². The molecule has 0 aliphatic heterocycles. The quantitative estimate of drug-likeness (QED) is 0.376. The number of fused-ring (bicyclic) bond motifs is 1. The molecule has 5 rings (SSSR count). The van der Waals surface area contributed by atoms with Gasteiger partial charge in [-0.1, -0.05) is 62.6 Å². The third-order valence-corrected chi connectivity index (χ3v) is 7.93. The number of carboxylic acids is 1. The zero-order valence-electron chi connectivity index (χ0n) is 19.5. The van der Waals surface area contributed by atoms with Gasteiger partial charge in [0, 0.05) is 12.6 Å². The Kier molecular flexibility index (Phi) is 6.28. The fourth-order valence-electron chi connectivity index (χ4n) is 5.24. The van der Waals surface area contributed by atoms with Crippen molar-refractivity contribution in [1.82, 2.24) is 4.98 Å². The number of aromatic nitrogens is 1. The van der Waals surface area contributed by atoms with Crippen molar-refractivity contribution in [3.05, 3.63) is 48.0 Å². The highest BCUT2D eigenvalue weighted by atomic mass is 32.1. The number of anilines is 3. The first-order valence-corrected chi connectivity index (χ1v) is 13.1. The van der Waals surface area contributed by atoms with E-state index in [0.717, 1.165) is 39.6 Å². The molecule has 2 aliphatic carbocycles. The first kappa shape index (κ1) is 22.2. The van der Waals surface area contributed by atoms with Crippen LogP contribution >= 0.6 is 11.3 Å². The van der Waals surface area contributed by atoms with Crippen LogP contribution in [-0.2, 0) is 4.79 Å². The van der Waals surface area contributed by atoms with Crippen molar-refractivity contribution in [2.45, 2.75) is 64.3 Å². The van der Waals surface area contributed by atoms with Gasteiger partial charge in [0.2, 0.25) is 0 Å². The van der Waals surface area contributed by atoms with Gasteiger partial charge in [-0.15, -0.1) is 0 Å². The van der Waals surface area contributed by atoms with E-state index >= 15 is 0 Å². The number of rotatable bonds is 8. The lowest BCUT2D eigenvalue weighted by molar-refractivity contribution is -0.138. The predicted octanol–water partition coefficient (Wildman–Crippen LogP) is 7.02. The fourth-order valence-corrected chi connectivity index (χ4v) is 6.12. The lowest BCUT2D eigenvalue weighted by atomic mass is 9.92. The zero-order valence-corrected chi connectivity index (χ0v) is 20.3. The summed E-state index contributed by atoms with van der Waals surface area (Å²) in [5, 5.41) is 14.0. The number of thiazole rings is 1. The summed E-state index contributed by atoms with van der Waals surface area (Å²) in [5.74, 6) is -0.271. The molecular weight excluding hydrogens is 430 g/mol. The maximum Gasteiger partial charge on any atom is 0.307 e. The standard InChI is InChI=1S/C27H33N3O2S/c1-17(2)16-30(19-8-4-3-5-9-19)24-13-12-18(20-15-21(20)26(31)32)14-23(24)29-27-28-22-10-6-7-11-25(22)33-27/h6-7,10-14,17,19-21H,3-5,8-9,15-16H2,1-2H3,(H,28,29)(H,31,32). The minimum Gasteiger partial charge on any atom is -0.481 e. The van der Waals surface area contributed by atoms with Gasteiger partial charge < -0.3 is 15.3 Å². The molecule has 2 atom stereocenters. The SMILES string of the molecule is CC(C)CN(c1ccc(C2CC2C(=O)O)cc1Nc1nc2ccccc2s1)C1CCCCC1. The third kappa shape index (κ3) is 4.86. The number of hydrogen-bond acceptors (Lipinski definition) is 5. The van der Waals surface area contributed by atoms with Crippen LogP contribution in [0.4, 0.5) is 16.5 Å². The highest BCUT2D eigenvalue weighted by Gasteiger charge is 2.44. The normalized spacial score (nSPS) is 20.8. The first-order chi connectivity index (χ1) is 16.0. The Balaban J connectivity index is 1.52. The van der Waals surface area contributed by atoms with Gasteiger partial charge in [0.25, 0.3) is 0 Å². The molecule has 2 N–H and O–H groups in total. The summed E-state index contributed by atoms with van der Waals surface area (Å²) in [7, 11) is 0. The maximum atomic E-state index is 11.5. The Hall–Kier alpha value is -2.60. The van der Waals surface area contributed by atoms with E-state index in [1.165, 1.54) is 37.8 Å². The average molecular weight is 464 g/mol. The third-order valence-electron chi connectivity index (χ3n) is 6.98. The van der Waals surface area contributed by atoms with Gasteiger partial charge in [0.15, 0.2) is 5.13 Å². The highest BCUT2D eigenvalue weighted by molar-refractivity contribution is 7.22. The smallest absolute Gasteiger partial charge is 0.307 e. The second-order valence-electron chi connectivity index (χ2n) is 10.0. The van der Waals surface area contributed by atoms with Crippen molar-refractivity contribution < 1.29 is 9.90 Å². The van der Waals surface area contributed by atoms with Crippen LogP contribution in [0.2, 0.25) is 0 Å². The van der Waals surface area contributed by atoms with E-state index in [4.69, 9.17) is 4.98 Å². The monoisotopic (exact) mass is 463 g/mol. The van der Waals surface area contributed by atoms with E-state index in [2.05, 4.69) is 48.3 Å². The van der Waals surface area contributed by atoms with Crippen molar-refractivity contribution in [1.29, 1.82) is 0 Å². The zero-order chi connectivity index (χ0) is 22.9. The van der Waals surface area contributed by atoms with E-state index in [1.54, 1.807) is 11.3 Å². The molecule has 3 aromatic rings. The molecule has 0 amide bonds. The molecule has 2 fully saturated rings. The Morgan fingerprint density at radius 3 is 2.67 bits per heavy atom. The molecule has 2 aliphatic rings. The molecule has 2 saturated carbocycles. The summed E-state index contributed by atoms with van der Waals surface area (Å²) in [4.78, 5) is 18.9. The van der Waals surface area contributed by atoms with Crippen LogP contribution in [0.15, 0.2) is 42.5 Å². The number of carbonyl (C=O) groups is 1. The second kappa shape index (κ2) is 9.34. The van der Waals surface area contributed by atoms with Gasteiger partial charge in [0.05, 0.1) is 27.5 Å². The summed E-state index contributed by atoms with van der Waals surface area (Å²) in [6, 6.07) is 15.3. The largest absolute Gasteiger partial charge is 0.481 e. The number of nitrogens with zero attached hydrogens (tertiary/aromatic N) is 2. The molecule has 0 radical (unpaired) electrons. The molecule has 33 heavy (non-hydrogen) atoms. The Labute approximate surface area is 199 Å². The van der Waals surface area contributed by atoms with Crippen LogP contribution in [-0.4, -0.2) is 28.6 Å². The van der Waals surface area contributed by atoms with Crippen molar-refractivity contribution in [3.8, 4) is 0 Å². The van der Waals surface area contributed by atoms with Crippen LogP contribution in [0.5, 0.6) is 0 Å². The van der Waals surface area contributed by atoms with E-state index < -0.39 is 5.97 Å². The minimum absolute atomic E-state index is 0.112. The van der Waals surface area contributed by atoms with Crippen molar-refractivity contribution in [2.24, 2.45) is 11.8 Å². The number of nitrogens with one attached hydrogen (secondary N) is 1. The van der Waals surface area contributed by atoms with Crippen molar-refractivity contribution in [2.75, 3.05) is 16.8 Å². The Bertz CT molecular complexity index is 1100. The summed E-state index contributed by atoms with van der Waals surface area (Å²) in [5.41, 5.74) is 4.38. The summed E-state index contributed by atoms with van der Waals surface area (Å²) in [6.07, 6.45) is 7.12. The van der Waals surface area contributed by atoms with Crippen molar-refractivity contribution in [3.63, 3.8) is 0 Å². The topological polar surface area (TPSA) is 65.5 Å². The molecule has 1 aromatic heterocycles. The lowest BCUT2D eigenvalue weighted by Gasteiger charge is -2.38. The molecular formula is C27H33N3O2S. The molecule has 5 nitrogen and oxygen atoms in total. The molecule has 0 spiro atoms. The van der Waals surface area contributed by atoms with Gasteiger partial charge in [-0.05, 0) is 60.9 Å². The Morgan fingerprint density at radius 2 is 1.97 bits per heavy atom. The molecule has 6 heteroatoms. The number of carboxylic acid groups (broad SMARTS) is 1. The van der Waals surface area contributed by atoms with E-state index in [1.807, 2.05) is 18.2 Å². The number of para-hydroxylation sites is 1. The average Bonchev–Trinajstić information content (AvgIpc) is 3.51. The molecule has 0 bridgehead atoms. The number of hydrogen-bond donors (Lipinski definition) is 2. The summed E-state index contributed by atoms with van der Waals surface area (Å²) < 4.78 is 1.16. The van der Waals surface area contributed by atoms with E-state index in [-0.39, 0.29) is 11.8 Å². The van der Waals surface area contributed by atoms with Crippen LogP contribution in [0, 0.1) is 11.8 Å². The summed E-state index contributed by atoms with van der Waals surface area (Å²) in [6.45, 7) is 5.58. The van der Waals surface area contributed by atoms with E-state index in [0.29, 0.717) is 12.0 Å². The highest BCUT2D eigenvalue weighted by Crippen LogP contribution is 2.49. The van der Waals surface area contributed by atoms with Crippen LogP contribution in [0.3, 0.4) is 0 Å². The lowest BCUT2D eigenvalue weighted by Crippen LogP contribution is -2.39. The maximum absolute atomic E-state index is 11.5. The minimum atomic E-state index is -0.687.